The van der Waals surface area contributed by atoms with Gasteiger partial charge < -0.3 is 21.5 Å². The van der Waals surface area contributed by atoms with Gasteiger partial charge in [0.2, 0.25) is 11.8 Å². The van der Waals surface area contributed by atoms with Crippen molar-refractivity contribution < 1.29 is 19.1 Å². The van der Waals surface area contributed by atoms with Crippen LogP contribution in [-0.4, -0.2) is 35.5 Å². The van der Waals surface area contributed by atoms with Crippen molar-refractivity contribution in [2.45, 2.75) is 64.6 Å². The monoisotopic (exact) mass is 287 g/mol. The van der Waals surface area contributed by atoms with Crippen LogP contribution in [0.4, 0.5) is 0 Å². The van der Waals surface area contributed by atoms with E-state index in [2.05, 4.69) is 5.32 Å². The largest absolute Gasteiger partial charge is 0.460 e. The Kier molecular flexibility index (Phi) is 7.20. The second kappa shape index (κ2) is 7.84. The number of esters is 1. The molecule has 0 fully saturated rings. The van der Waals surface area contributed by atoms with Gasteiger partial charge in [-0.1, -0.05) is 6.92 Å². The van der Waals surface area contributed by atoms with Gasteiger partial charge in [0.05, 0.1) is 6.04 Å². The van der Waals surface area contributed by atoms with Crippen molar-refractivity contribution in [3.05, 3.63) is 0 Å². The molecule has 0 aliphatic rings. The molecule has 0 spiro atoms. The summed E-state index contributed by atoms with van der Waals surface area (Å²) in [6.07, 6.45) is 0.530. The van der Waals surface area contributed by atoms with Gasteiger partial charge in [-0.2, -0.15) is 0 Å². The lowest BCUT2D eigenvalue weighted by molar-refractivity contribution is -0.155. The van der Waals surface area contributed by atoms with Gasteiger partial charge in [-0.15, -0.1) is 0 Å². The fraction of sp³-hybridized carbons (Fsp3) is 0.769. The van der Waals surface area contributed by atoms with Crippen LogP contribution in [0.3, 0.4) is 0 Å². The molecule has 116 valence electrons. The average molecular weight is 287 g/mol. The van der Waals surface area contributed by atoms with Crippen molar-refractivity contribution in [1.29, 1.82) is 0 Å². The van der Waals surface area contributed by atoms with Crippen molar-refractivity contribution in [2.24, 2.45) is 11.5 Å². The van der Waals surface area contributed by atoms with Gasteiger partial charge in [0.15, 0.2) is 0 Å². The van der Waals surface area contributed by atoms with Crippen LogP contribution in [0.25, 0.3) is 0 Å². The number of hydrogen-bond acceptors (Lipinski definition) is 5. The summed E-state index contributed by atoms with van der Waals surface area (Å²) in [7, 11) is 0. The molecule has 20 heavy (non-hydrogen) atoms. The van der Waals surface area contributed by atoms with Crippen molar-refractivity contribution in [1.82, 2.24) is 5.32 Å². The van der Waals surface area contributed by atoms with E-state index in [1.807, 2.05) is 0 Å². The van der Waals surface area contributed by atoms with Gasteiger partial charge in [0, 0.05) is 6.42 Å². The van der Waals surface area contributed by atoms with Crippen LogP contribution in [-0.2, 0) is 19.1 Å². The topological polar surface area (TPSA) is 125 Å². The molecule has 0 radical (unpaired) electrons. The Morgan fingerprint density at radius 2 is 1.80 bits per heavy atom. The minimum Gasteiger partial charge on any atom is -0.460 e. The molecule has 0 saturated carbocycles. The number of ether oxygens (including phenoxy) is 1. The number of amides is 2. The van der Waals surface area contributed by atoms with Crippen LogP contribution in [0.1, 0.15) is 47.0 Å². The summed E-state index contributed by atoms with van der Waals surface area (Å²) in [5.74, 6) is -1.61. The first-order chi connectivity index (χ1) is 9.06. The highest BCUT2D eigenvalue weighted by Crippen LogP contribution is 2.10. The maximum absolute atomic E-state index is 11.6. The second-order valence-corrected chi connectivity index (χ2v) is 5.60. The van der Waals surface area contributed by atoms with E-state index < -0.39 is 35.5 Å². The molecule has 0 aromatic rings. The molecule has 0 aromatic heterocycles. The van der Waals surface area contributed by atoms with Gasteiger partial charge in [-0.3, -0.25) is 14.4 Å². The van der Waals surface area contributed by atoms with Crippen LogP contribution < -0.4 is 16.8 Å². The van der Waals surface area contributed by atoms with Gasteiger partial charge in [-0.05, 0) is 33.6 Å². The lowest BCUT2D eigenvalue weighted by atomic mass is 10.1. The zero-order valence-electron chi connectivity index (χ0n) is 12.6. The van der Waals surface area contributed by atoms with Gasteiger partial charge >= 0.3 is 5.97 Å². The van der Waals surface area contributed by atoms with E-state index in [1.165, 1.54) is 0 Å². The average Bonchev–Trinajstić information content (AvgIpc) is 2.30. The Morgan fingerprint density at radius 1 is 1.25 bits per heavy atom. The molecule has 5 N–H and O–H groups in total. The molecule has 0 aliphatic heterocycles. The number of hydrogen-bond donors (Lipinski definition) is 3. The van der Waals surface area contributed by atoms with E-state index in [1.54, 1.807) is 27.7 Å². The Labute approximate surface area is 119 Å². The van der Waals surface area contributed by atoms with Gasteiger partial charge in [0.25, 0.3) is 0 Å². The summed E-state index contributed by atoms with van der Waals surface area (Å²) in [4.78, 5) is 34.4. The predicted molar refractivity (Wildman–Crippen MR) is 74.5 cm³/mol. The molecule has 1 unspecified atom stereocenters. The predicted octanol–water partition coefficient (Wildman–Crippen LogP) is -0.184. The van der Waals surface area contributed by atoms with Crippen LogP contribution in [0, 0.1) is 0 Å². The molecule has 0 bridgehead atoms. The van der Waals surface area contributed by atoms with Crippen LogP contribution >= 0.6 is 0 Å². The Balaban J connectivity index is 4.40. The molecule has 7 nitrogen and oxygen atoms in total. The molecule has 2 amide bonds. The van der Waals surface area contributed by atoms with Crippen molar-refractivity contribution in [3.8, 4) is 0 Å². The first-order valence-corrected chi connectivity index (χ1v) is 6.64. The molecule has 0 rings (SSSR count). The van der Waals surface area contributed by atoms with Crippen molar-refractivity contribution in [2.75, 3.05) is 0 Å². The van der Waals surface area contributed by atoms with E-state index >= 15 is 0 Å². The highest BCUT2D eigenvalue weighted by Gasteiger charge is 2.23. The minimum atomic E-state index is -0.924. The second-order valence-electron chi connectivity index (χ2n) is 5.60. The molecule has 0 aliphatic carbocycles. The third-order valence-electron chi connectivity index (χ3n) is 2.49. The fourth-order valence-electron chi connectivity index (χ4n) is 1.40. The maximum atomic E-state index is 11.6. The van der Waals surface area contributed by atoms with E-state index in [-0.39, 0.29) is 12.8 Å². The summed E-state index contributed by atoms with van der Waals surface area (Å²) >= 11 is 0. The highest BCUT2D eigenvalue weighted by molar-refractivity contribution is 5.89. The number of rotatable bonds is 7. The minimum absolute atomic E-state index is 0.00742. The first-order valence-electron chi connectivity index (χ1n) is 6.64. The zero-order valence-corrected chi connectivity index (χ0v) is 12.6. The van der Waals surface area contributed by atoms with Crippen LogP contribution in [0.2, 0.25) is 0 Å². The Morgan fingerprint density at radius 3 is 2.20 bits per heavy atom. The zero-order chi connectivity index (χ0) is 15.9. The number of nitrogens with one attached hydrogen (secondary N) is 1. The Hall–Kier alpha value is -1.63. The first kappa shape index (κ1) is 18.4. The summed E-state index contributed by atoms with van der Waals surface area (Å²) in [5.41, 5.74) is 10.2. The number of carbonyl (C=O) groups excluding carboxylic acids is 3. The summed E-state index contributed by atoms with van der Waals surface area (Å²) in [6.45, 7) is 7.00. The third kappa shape index (κ3) is 7.73. The maximum Gasteiger partial charge on any atom is 0.306 e. The highest BCUT2D eigenvalue weighted by atomic mass is 16.6. The number of nitrogens with two attached hydrogens (primary N) is 2. The van der Waals surface area contributed by atoms with Crippen LogP contribution in [0.15, 0.2) is 0 Å². The van der Waals surface area contributed by atoms with E-state index in [0.29, 0.717) is 6.42 Å². The van der Waals surface area contributed by atoms with E-state index in [0.717, 1.165) is 0 Å². The van der Waals surface area contributed by atoms with Gasteiger partial charge in [-0.25, -0.2) is 0 Å². The smallest absolute Gasteiger partial charge is 0.306 e. The SMILES string of the molecule is CCC(N)C(=O)N[C@@H](CCC(=O)OC(C)(C)C)C(N)=O. The quantitative estimate of drug-likeness (QED) is 0.560. The summed E-state index contributed by atoms with van der Waals surface area (Å²) < 4.78 is 5.11. The molecule has 0 aromatic carbocycles. The van der Waals surface area contributed by atoms with Crippen molar-refractivity contribution in [3.63, 3.8) is 0 Å². The van der Waals surface area contributed by atoms with E-state index in [4.69, 9.17) is 16.2 Å². The van der Waals surface area contributed by atoms with Crippen LogP contribution in [0.5, 0.6) is 0 Å². The standard InChI is InChI=1S/C13H25N3O4/c1-5-8(14)12(19)16-9(11(15)18)6-7-10(17)20-13(2,3)4/h8-9H,5-7,14H2,1-4H3,(H2,15,18)(H,16,19)/t8?,9-/m0/s1. The third-order valence-corrected chi connectivity index (χ3v) is 2.49. The Bertz CT molecular complexity index is 363. The lowest BCUT2D eigenvalue weighted by Gasteiger charge is -2.21. The normalized spacial score (nSPS) is 14.2. The van der Waals surface area contributed by atoms with E-state index in [9.17, 15) is 14.4 Å². The molecular weight excluding hydrogens is 262 g/mol. The molecular formula is C13H25N3O4. The lowest BCUT2D eigenvalue weighted by Crippen LogP contribution is -2.50. The molecule has 0 heterocycles. The van der Waals surface area contributed by atoms with Crippen molar-refractivity contribution >= 4 is 17.8 Å². The number of primary amides is 1. The van der Waals surface area contributed by atoms with Gasteiger partial charge in [0.1, 0.15) is 11.6 Å². The molecule has 7 heteroatoms. The molecule has 0 saturated heterocycles. The summed E-state index contributed by atoms with van der Waals surface area (Å²) in [5, 5.41) is 2.44. The molecule has 2 atom stereocenters. The summed E-state index contributed by atoms with van der Waals surface area (Å²) in [6, 6.07) is -1.62. The fourth-order valence-corrected chi connectivity index (χ4v) is 1.40. The number of carbonyl (C=O) groups is 3.